The van der Waals surface area contributed by atoms with Gasteiger partial charge in [0.05, 0.1) is 7.11 Å². The second-order valence-electron chi connectivity index (χ2n) is 5.99. The predicted octanol–water partition coefficient (Wildman–Crippen LogP) is 5.24. The number of methoxy groups -OCH3 is 1. The van der Waals surface area contributed by atoms with Crippen LogP contribution in [0.1, 0.15) is 15.9 Å². The number of nitrogens with zero attached hydrogens (tertiary/aromatic N) is 2. The largest absolute Gasteiger partial charge is 0.497 e. The summed E-state index contributed by atoms with van der Waals surface area (Å²) in [7, 11) is 1.57. The van der Waals surface area contributed by atoms with Crippen molar-refractivity contribution in [2.24, 2.45) is 0 Å². The van der Waals surface area contributed by atoms with Gasteiger partial charge in [0.15, 0.2) is 4.34 Å². The quantitative estimate of drug-likeness (QED) is 0.350. The first-order valence-corrected chi connectivity index (χ1v) is 10.4. The van der Waals surface area contributed by atoms with Crippen molar-refractivity contribution in [3.8, 4) is 5.75 Å². The molecule has 1 N–H and O–H groups in total. The Morgan fingerprint density at radius 1 is 1.07 bits per heavy atom. The van der Waals surface area contributed by atoms with Gasteiger partial charge in [-0.2, -0.15) is 0 Å². The molecule has 0 aliphatic carbocycles. The second kappa shape index (κ2) is 8.41. The van der Waals surface area contributed by atoms with Gasteiger partial charge in [-0.25, -0.2) is 0 Å². The lowest BCUT2D eigenvalue weighted by molar-refractivity contribution is 0.102. The molecule has 0 unspecified atom stereocenters. The predicted molar refractivity (Wildman–Crippen MR) is 114 cm³/mol. The number of carbonyl (C=O) groups is 1. The van der Waals surface area contributed by atoms with Gasteiger partial charge in [0.1, 0.15) is 5.75 Å². The fourth-order valence-corrected chi connectivity index (χ4v) is 4.56. The normalized spacial score (nSPS) is 10.8. The Hall–Kier alpha value is -2.90. The van der Waals surface area contributed by atoms with E-state index >= 15 is 0 Å². The zero-order chi connectivity index (χ0) is 19.3. The van der Waals surface area contributed by atoms with Crippen LogP contribution in [-0.4, -0.2) is 23.2 Å². The molecule has 4 rings (SSSR count). The number of fused-ring (bicyclic) bond motifs is 1. The molecule has 1 heterocycles. The van der Waals surface area contributed by atoms with E-state index in [4.69, 9.17) is 4.74 Å². The van der Waals surface area contributed by atoms with Gasteiger partial charge in [-0.1, -0.05) is 71.6 Å². The number of amides is 1. The Bertz CT molecular complexity index is 1120. The molecule has 0 spiro atoms. The van der Waals surface area contributed by atoms with Crippen LogP contribution in [0.2, 0.25) is 0 Å². The maximum Gasteiger partial charge on any atom is 0.257 e. The highest BCUT2D eigenvalue weighted by atomic mass is 32.2. The van der Waals surface area contributed by atoms with Crippen molar-refractivity contribution in [1.29, 1.82) is 0 Å². The monoisotopic (exact) mass is 407 g/mol. The fourth-order valence-electron chi connectivity index (χ4n) is 2.81. The van der Waals surface area contributed by atoms with Crippen LogP contribution in [0.3, 0.4) is 0 Å². The van der Waals surface area contributed by atoms with Gasteiger partial charge in [0, 0.05) is 11.3 Å². The lowest BCUT2D eigenvalue weighted by Crippen LogP contribution is -2.11. The van der Waals surface area contributed by atoms with E-state index in [0.717, 1.165) is 10.1 Å². The van der Waals surface area contributed by atoms with Gasteiger partial charge in [-0.05, 0) is 34.5 Å². The van der Waals surface area contributed by atoms with Crippen LogP contribution in [0.15, 0.2) is 71.1 Å². The first-order valence-electron chi connectivity index (χ1n) is 8.61. The van der Waals surface area contributed by atoms with E-state index in [0.29, 0.717) is 16.4 Å². The number of hydrogen-bond donors (Lipinski definition) is 1. The molecule has 0 aliphatic rings. The van der Waals surface area contributed by atoms with Gasteiger partial charge in [0.25, 0.3) is 5.91 Å². The summed E-state index contributed by atoms with van der Waals surface area (Å²) in [6.45, 7) is 0. The molecule has 4 aromatic rings. The molecule has 0 saturated heterocycles. The summed E-state index contributed by atoms with van der Waals surface area (Å²) in [6, 6.07) is 21.6. The Balaban J connectivity index is 1.42. The maximum absolute atomic E-state index is 12.4. The van der Waals surface area contributed by atoms with Crippen molar-refractivity contribution in [3.05, 3.63) is 77.9 Å². The molecule has 0 bridgehead atoms. The number of rotatable bonds is 6. The second-order valence-corrected chi connectivity index (χ2v) is 8.19. The number of hydrogen-bond acceptors (Lipinski definition) is 6. The van der Waals surface area contributed by atoms with Crippen LogP contribution < -0.4 is 10.1 Å². The Labute approximate surface area is 170 Å². The summed E-state index contributed by atoms with van der Waals surface area (Å²) < 4.78 is 5.97. The van der Waals surface area contributed by atoms with E-state index < -0.39 is 0 Å². The highest BCUT2D eigenvalue weighted by Crippen LogP contribution is 2.31. The smallest absolute Gasteiger partial charge is 0.257 e. The number of anilines is 1. The molecule has 0 radical (unpaired) electrons. The first-order chi connectivity index (χ1) is 13.7. The molecule has 3 aromatic carbocycles. The summed E-state index contributed by atoms with van der Waals surface area (Å²) in [5.41, 5.74) is 1.76. The van der Waals surface area contributed by atoms with Crippen molar-refractivity contribution in [3.63, 3.8) is 0 Å². The molecular weight excluding hydrogens is 390 g/mol. The van der Waals surface area contributed by atoms with Crippen LogP contribution in [-0.2, 0) is 5.75 Å². The van der Waals surface area contributed by atoms with Gasteiger partial charge in [-0.3, -0.25) is 10.1 Å². The van der Waals surface area contributed by atoms with E-state index in [1.54, 1.807) is 43.1 Å². The zero-order valence-electron chi connectivity index (χ0n) is 15.1. The Morgan fingerprint density at radius 2 is 1.89 bits per heavy atom. The lowest BCUT2D eigenvalue weighted by Gasteiger charge is -2.04. The molecule has 1 amide bonds. The van der Waals surface area contributed by atoms with Crippen molar-refractivity contribution >= 4 is 44.9 Å². The zero-order valence-corrected chi connectivity index (χ0v) is 16.7. The van der Waals surface area contributed by atoms with Crippen molar-refractivity contribution in [2.45, 2.75) is 10.1 Å². The van der Waals surface area contributed by atoms with Gasteiger partial charge >= 0.3 is 0 Å². The maximum atomic E-state index is 12.4. The highest BCUT2D eigenvalue weighted by molar-refractivity contribution is 8.00. The Kier molecular flexibility index (Phi) is 5.55. The van der Waals surface area contributed by atoms with Crippen LogP contribution in [0.25, 0.3) is 10.8 Å². The Morgan fingerprint density at radius 3 is 2.79 bits per heavy atom. The molecular formula is C21H17N3O2S2. The van der Waals surface area contributed by atoms with Crippen LogP contribution >= 0.6 is 23.1 Å². The van der Waals surface area contributed by atoms with E-state index in [9.17, 15) is 4.79 Å². The summed E-state index contributed by atoms with van der Waals surface area (Å²) in [5.74, 6) is 1.19. The molecule has 0 atom stereocenters. The minimum Gasteiger partial charge on any atom is -0.497 e. The number of aromatic nitrogens is 2. The molecule has 0 saturated carbocycles. The average molecular weight is 408 g/mol. The molecule has 1 aromatic heterocycles. The summed E-state index contributed by atoms with van der Waals surface area (Å²) in [6.07, 6.45) is 0. The number of carbonyl (C=O) groups excluding carboxylic acids is 1. The van der Waals surface area contributed by atoms with Crippen molar-refractivity contribution < 1.29 is 9.53 Å². The van der Waals surface area contributed by atoms with E-state index in [2.05, 4.69) is 45.8 Å². The number of thioether (sulfide) groups is 1. The van der Waals surface area contributed by atoms with Crippen LogP contribution in [0.5, 0.6) is 5.75 Å². The molecule has 0 aliphatic heterocycles. The number of ether oxygens (including phenoxy) is 1. The third kappa shape index (κ3) is 4.16. The summed E-state index contributed by atoms with van der Waals surface area (Å²) >= 11 is 2.98. The standard InChI is InChI=1S/C21H17N3O2S2/c1-26-17-10-5-8-15(12-17)19(25)22-20-23-24-21(28-20)27-13-16-9-4-7-14-6-2-3-11-18(14)16/h2-12H,13H2,1H3,(H,22,23,25). The van der Waals surface area contributed by atoms with Gasteiger partial charge in [0.2, 0.25) is 5.13 Å². The highest BCUT2D eigenvalue weighted by Gasteiger charge is 2.12. The molecule has 140 valence electrons. The topological polar surface area (TPSA) is 64.1 Å². The minimum absolute atomic E-state index is 0.236. The SMILES string of the molecule is COc1cccc(C(=O)Nc2nnc(SCc3cccc4ccccc34)s2)c1. The molecule has 5 nitrogen and oxygen atoms in total. The van der Waals surface area contributed by atoms with Gasteiger partial charge in [-0.15, -0.1) is 10.2 Å². The third-order valence-electron chi connectivity index (χ3n) is 4.19. The van der Waals surface area contributed by atoms with Crippen LogP contribution in [0, 0.1) is 0 Å². The molecule has 7 heteroatoms. The van der Waals surface area contributed by atoms with Crippen LogP contribution in [0.4, 0.5) is 5.13 Å². The summed E-state index contributed by atoms with van der Waals surface area (Å²) in [4.78, 5) is 12.4. The number of nitrogens with one attached hydrogen (secondary N) is 1. The van der Waals surface area contributed by atoms with E-state index in [1.807, 2.05) is 12.1 Å². The van der Waals surface area contributed by atoms with E-state index in [-0.39, 0.29) is 5.91 Å². The van der Waals surface area contributed by atoms with E-state index in [1.165, 1.54) is 27.7 Å². The fraction of sp³-hybridized carbons (Fsp3) is 0.0952. The van der Waals surface area contributed by atoms with Crippen molar-refractivity contribution in [2.75, 3.05) is 12.4 Å². The third-order valence-corrected chi connectivity index (χ3v) is 6.21. The van der Waals surface area contributed by atoms with Crippen molar-refractivity contribution in [1.82, 2.24) is 10.2 Å². The number of benzene rings is 3. The van der Waals surface area contributed by atoms with Gasteiger partial charge < -0.3 is 4.74 Å². The lowest BCUT2D eigenvalue weighted by atomic mass is 10.1. The molecule has 0 fully saturated rings. The molecule has 28 heavy (non-hydrogen) atoms. The summed E-state index contributed by atoms with van der Waals surface area (Å²) in [5, 5.41) is 14.0. The average Bonchev–Trinajstić information content (AvgIpc) is 3.19. The minimum atomic E-state index is -0.236. The first kappa shape index (κ1) is 18.5.